The summed E-state index contributed by atoms with van der Waals surface area (Å²) < 4.78 is 60.0. The Bertz CT molecular complexity index is 2220. The highest BCUT2D eigenvalue weighted by Crippen LogP contribution is 2.41. The van der Waals surface area contributed by atoms with Crippen molar-refractivity contribution in [3.63, 3.8) is 0 Å². The predicted molar refractivity (Wildman–Crippen MR) is 170 cm³/mol. The van der Waals surface area contributed by atoms with E-state index in [1.54, 1.807) is 11.3 Å². The first-order valence-corrected chi connectivity index (χ1v) is 14.7. The molecule has 0 aliphatic carbocycles. The van der Waals surface area contributed by atoms with Crippen molar-refractivity contribution in [2.45, 2.75) is 0 Å². The Kier molecular flexibility index (Phi) is 6.10. The number of thiazole rings is 1. The first-order valence-electron chi connectivity index (χ1n) is 13.9. The first-order chi connectivity index (χ1) is 21.4. The molecule has 212 valence electrons. The minimum Gasteiger partial charge on any atom is -0.309 e. The normalized spacial score (nSPS) is 11.6. The lowest BCUT2D eigenvalue weighted by Crippen LogP contribution is -1.97. The molecule has 2 nitrogen and oxygen atoms in total. The van der Waals surface area contributed by atoms with Gasteiger partial charge in [0.15, 0.2) is 0 Å². The average molecular weight is 601 g/mol. The van der Waals surface area contributed by atoms with Crippen LogP contribution in [0, 0.1) is 23.3 Å². The zero-order valence-corrected chi connectivity index (χ0v) is 23.7. The minimum absolute atomic E-state index is 0.406. The maximum atomic E-state index is 14.2. The number of aromatic nitrogens is 2. The summed E-state index contributed by atoms with van der Waals surface area (Å²) in [6.07, 6.45) is 0. The molecule has 0 bridgehead atoms. The smallest absolute Gasteiger partial charge is 0.126 e. The van der Waals surface area contributed by atoms with Crippen LogP contribution in [0.25, 0.3) is 70.5 Å². The van der Waals surface area contributed by atoms with Gasteiger partial charge in [-0.25, -0.2) is 22.5 Å². The van der Waals surface area contributed by atoms with Gasteiger partial charge in [-0.1, -0.05) is 36.4 Å². The molecular weight excluding hydrogens is 580 g/mol. The van der Waals surface area contributed by atoms with Gasteiger partial charge in [0, 0.05) is 28.5 Å². The van der Waals surface area contributed by atoms with Crippen molar-refractivity contribution in [1.82, 2.24) is 9.55 Å². The second-order valence-corrected chi connectivity index (χ2v) is 11.7. The Morgan fingerprint density at radius 1 is 0.500 bits per heavy atom. The standard InChI is InChI=1S/C37H20F4N2S/c38-25-13-23(14-26(39)19-25)21-9-11-34-30(17-21)31-18-22(24-15-27(40)20-28(41)16-24)10-12-35(31)43(34)33-7-3-1-5-29(33)37-42-32-6-2-4-8-36(32)44-37/h1-20H. The number of hydrogen-bond donors (Lipinski definition) is 0. The predicted octanol–water partition coefficient (Wildman–Crippen LogP) is 11.0. The van der Waals surface area contributed by atoms with Crippen molar-refractivity contribution in [3.05, 3.63) is 145 Å². The maximum Gasteiger partial charge on any atom is 0.126 e. The summed E-state index contributed by atoms with van der Waals surface area (Å²) >= 11 is 1.61. The summed E-state index contributed by atoms with van der Waals surface area (Å²) in [7, 11) is 0. The molecule has 0 unspecified atom stereocenters. The van der Waals surface area contributed by atoms with Crippen LogP contribution < -0.4 is 0 Å². The number of fused-ring (bicyclic) bond motifs is 4. The van der Waals surface area contributed by atoms with Gasteiger partial charge in [0.1, 0.15) is 28.3 Å². The molecule has 0 saturated carbocycles. The monoisotopic (exact) mass is 600 g/mol. The molecule has 0 amide bonds. The third kappa shape index (κ3) is 4.44. The number of hydrogen-bond acceptors (Lipinski definition) is 2. The highest BCUT2D eigenvalue weighted by atomic mass is 32.1. The van der Waals surface area contributed by atoms with Gasteiger partial charge in [-0.05, 0) is 95.1 Å². The molecule has 7 heteroatoms. The van der Waals surface area contributed by atoms with E-state index < -0.39 is 23.3 Å². The van der Waals surface area contributed by atoms with E-state index in [2.05, 4.69) is 4.57 Å². The lowest BCUT2D eigenvalue weighted by molar-refractivity contribution is 0.583. The molecular formula is C37H20F4N2S. The molecule has 0 spiro atoms. The quantitative estimate of drug-likeness (QED) is 0.184. The van der Waals surface area contributed by atoms with Gasteiger partial charge in [0.05, 0.1) is 26.9 Å². The Labute approximate surface area is 253 Å². The van der Waals surface area contributed by atoms with Crippen molar-refractivity contribution < 1.29 is 17.6 Å². The molecule has 8 aromatic rings. The minimum atomic E-state index is -0.664. The molecule has 0 N–H and O–H groups in total. The van der Waals surface area contributed by atoms with E-state index in [0.29, 0.717) is 22.3 Å². The molecule has 6 aromatic carbocycles. The molecule has 0 aliphatic rings. The highest BCUT2D eigenvalue weighted by molar-refractivity contribution is 7.21. The third-order valence-electron chi connectivity index (χ3n) is 7.83. The lowest BCUT2D eigenvalue weighted by atomic mass is 10.00. The molecule has 2 aromatic heterocycles. The Hall–Kier alpha value is -5.27. The second kappa shape index (κ2) is 10.2. The number of benzene rings is 6. The van der Waals surface area contributed by atoms with Crippen molar-refractivity contribution in [2.24, 2.45) is 0 Å². The second-order valence-electron chi connectivity index (χ2n) is 10.6. The Morgan fingerprint density at radius 3 is 1.59 bits per heavy atom. The summed E-state index contributed by atoms with van der Waals surface area (Å²) in [4.78, 5) is 4.92. The number of para-hydroxylation sites is 2. The average Bonchev–Trinajstić information content (AvgIpc) is 3.59. The van der Waals surface area contributed by atoms with Crippen molar-refractivity contribution in [2.75, 3.05) is 0 Å². The van der Waals surface area contributed by atoms with E-state index in [1.807, 2.05) is 84.9 Å². The van der Waals surface area contributed by atoms with Gasteiger partial charge < -0.3 is 4.57 Å². The Balaban J connectivity index is 1.42. The fourth-order valence-corrected chi connectivity index (χ4v) is 6.92. The van der Waals surface area contributed by atoms with Crippen LogP contribution in [0.15, 0.2) is 121 Å². The number of rotatable bonds is 4. The van der Waals surface area contributed by atoms with E-state index in [0.717, 1.165) is 60.4 Å². The molecule has 0 atom stereocenters. The van der Waals surface area contributed by atoms with Crippen LogP contribution in [0.1, 0.15) is 0 Å². The molecule has 0 aliphatic heterocycles. The largest absolute Gasteiger partial charge is 0.309 e. The fourth-order valence-electron chi connectivity index (χ4n) is 5.92. The molecule has 44 heavy (non-hydrogen) atoms. The summed E-state index contributed by atoms with van der Waals surface area (Å²) in [5, 5.41) is 2.51. The number of nitrogens with zero attached hydrogens (tertiary/aromatic N) is 2. The van der Waals surface area contributed by atoms with Crippen LogP contribution >= 0.6 is 11.3 Å². The third-order valence-corrected chi connectivity index (χ3v) is 8.90. The summed E-state index contributed by atoms with van der Waals surface area (Å²) in [5.41, 5.74) is 6.57. The van der Waals surface area contributed by atoms with Crippen LogP contribution in [0.3, 0.4) is 0 Å². The summed E-state index contributed by atoms with van der Waals surface area (Å²) in [5.74, 6) is -2.66. The Morgan fingerprint density at radius 2 is 1.02 bits per heavy atom. The van der Waals surface area contributed by atoms with Crippen LogP contribution in [0.5, 0.6) is 0 Å². The van der Waals surface area contributed by atoms with Gasteiger partial charge in [0.2, 0.25) is 0 Å². The van der Waals surface area contributed by atoms with Gasteiger partial charge in [-0.15, -0.1) is 11.3 Å². The SMILES string of the molecule is Fc1cc(F)cc(-c2ccc3c(c2)c2cc(-c4cc(F)cc(F)c4)ccc2n3-c2ccccc2-c2nc3ccccc3s2)c1. The van der Waals surface area contributed by atoms with E-state index in [1.165, 1.54) is 24.3 Å². The van der Waals surface area contributed by atoms with E-state index >= 15 is 0 Å². The van der Waals surface area contributed by atoms with Crippen molar-refractivity contribution in [3.8, 4) is 38.5 Å². The zero-order valence-electron chi connectivity index (χ0n) is 22.9. The van der Waals surface area contributed by atoms with Crippen LogP contribution in [0.2, 0.25) is 0 Å². The highest BCUT2D eigenvalue weighted by Gasteiger charge is 2.19. The maximum absolute atomic E-state index is 14.2. The van der Waals surface area contributed by atoms with E-state index in [9.17, 15) is 17.6 Å². The zero-order chi connectivity index (χ0) is 29.9. The first kappa shape index (κ1) is 26.4. The van der Waals surface area contributed by atoms with Crippen LogP contribution in [-0.4, -0.2) is 9.55 Å². The summed E-state index contributed by atoms with van der Waals surface area (Å²) in [6, 6.07) is 34.3. The topological polar surface area (TPSA) is 17.8 Å². The lowest BCUT2D eigenvalue weighted by Gasteiger charge is -2.13. The van der Waals surface area contributed by atoms with Crippen molar-refractivity contribution in [1.29, 1.82) is 0 Å². The molecule has 0 saturated heterocycles. The van der Waals surface area contributed by atoms with E-state index in [4.69, 9.17) is 4.98 Å². The molecule has 0 fully saturated rings. The molecule has 0 radical (unpaired) electrons. The van der Waals surface area contributed by atoms with Crippen LogP contribution in [-0.2, 0) is 0 Å². The van der Waals surface area contributed by atoms with Gasteiger partial charge in [-0.3, -0.25) is 0 Å². The molecule has 8 rings (SSSR count). The fraction of sp³-hybridized carbons (Fsp3) is 0. The number of halogens is 4. The van der Waals surface area contributed by atoms with Crippen molar-refractivity contribution >= 4 is 43.4 Å². The van der Waals surface area contributed by atoms with E-state index in [-0.39, 0.29) is 0 Å². The van der Waals surface area contributed by atoms with Crippen LogP contribution in [0.4, 0.5) is 17.6 Å². The van der Waals surface area contributed by atoms with Gasteiger partial charge in [0.25, 0.3) is 0 Å². The summed E-state index contributed by atoms with van der Waals surface area (Å²) in [6.45, 7) is 0. The molecule has 2 heterocycles. The van der Waals surface area contributed by atoms with Gasteiger partial charge in [-0.2, -0.15) is 0 Å². The van der Waals surface area contributed by atoms with Gasteiger partial charge >= 0.3 is 0 Å².